The lowest BCUT2D eigenvalue weighted by Gasteiger charge is -2.31. The molecule has 0 radical (unpaired) electrons. The van der Waals surface area contributed by atoms with Crippen LogP contribution in [-0.4, -0.2) is 39.0 Å². The molecule has 1 aromatic carbocycles. The van der Waals surface area contributed by atoms with Crippen LogP contribution in [0.2, 0.25) is 0 Å². The van der Waals surface area contributed by atoms with Crippen LogP contribution in [0.15, 0.2) is 32.0 Å². The van der Waals surface area contributed by atoms with Crippen molar-refractivity contribution in [2.24, 2.45) is 0 Å². The van der Waals surface area contributed by atoms with E-state index in [1.807, 2.05) is 0 Å². The van der Waals surface area contributed by atoms with Crippen molar-refractivity contribution in [3.63, 3.8) is 0 Å². The van der Waals surface area contributed by atoms with Crippen molar-refractivity contribution >= 4 is 41.9 Å². The zero-order chi connectivity index (χ0) is 15.5. The minimum atomic E-state index is -3.47. The molecule has 1 aliphatic rings. The molecule has 0 aromatic heterocycles. The van der Waals surface area contributed by atoms with Gasteiger partial charge in [-0.25, -0.2) is 13.1 Å². The van der Waals surface area contributed by atoms with Crippen LogP contribution in [0.5, 0.6) is 0 Å². The second-order valence-corrected chi connectivity index (χ2v) is 8.76. The molecule has 0 atom stereocenters. The van der Waals surface area contributed by atoms with E-state index >= 15 is 0 Å². The highest BCUT2D eigenvalue weighted by atomic mass is 79.9. The van der Waals surface area contributed by atoms with Crippen molar-refractivity contribution in [1.29, 1.82) is 0 Å². The molecule has 4 nitrogen and oxygen atoms in total. The summed E-state index contributed by atoms with van der Waals surface area (Å²) in [5.74, 6) is 0. The molecule has 1 fully saturated rings. The van der Waals surface area contributed by atoms with E-state index in [1.54, 1.807) is 18.2 Å². The van der Waals surface area contributed by atoms with Crippen molar-refractivity contribution in [2.75, 3.05) is 19.6 Å². The number of hydrogen-bond acceptors (Lipinski definition) is 3. The quantitative estimate of drug-likeness (QED) is 0.765. The third-order valence-corrected chi connectivity index (χ3v) is 6.62. The lowest BCUT2D eigenvalue weighted by Crippen LogP contribution is -2.44. The Morgan fingerprint density at radius 1 is 1.29 bits per heavy atom. The normalized spacial score (nSPS) is 18.0. The number of halogens is 2. The zero-order valence-corrected chi connectivity index (χ0v) is 16.0. The SMILES string of the molecule is CCCN1CCC(NS(=O)(=O)c2ccc(Br)cc2Br)CC1. The molecular formula is C14H20Br2N2O2S. The monoisotopic (exact) mass is 438 g/mol. The van der Waals surface area contributed by atoms with Gasteiger partial charge in [0.25, 0.3) is 0 Å². The first kappa shape index (κ1) is 17.4. The Morgan fingerprint density at radius 3 is 2.52 bits per heavy atom. The van der Waals surface area contributed by atoms with E-state index in [0.717, 1.165) is 43.4 Å². The van der Waals surface area contributed by atoms with Gasteiger partial charge in [0.05, 0.1) is 4.90 Å². The maximum Gasteiger partial charge on any atom is 0.241 e. The summed E-state index contributed by atoms with van der Waals surface area (Å²) in [4.78, 5) is 2.68. The first-order chi connectivity index (χ1) is 9.92. The summed E-state index contributed by atoms with van der Waals surface area (Å²) in [5.41, 5.74) is 0. The van der Waals surface area contributed by atoms with Gasteiger partial charge < -0.3 is 4.90 Å². The van der Waals surface area contributed by atoms with Crippen LogP contribution in [-0.2, 0) is 10.0 Å². The van der Waals surface area contributed by atoms with E-state index < -0.39 is 10.0 Å². The van der Waals surface area contributed by atoms with Crippen LogP contribution < -0.4 is 4.72 Å². The molecule has 0 amide bonds. The number of piperidine rings is 1. The molecule has 1 aromatic rings. The van der Waals surface area contributed by atoms with Crippen molar-refractivity contribution in [3.8, 4) is 0 Å². The van der Waals surface area contributed by atoms with E-state index in [9.17, 15) is 8.42 Å². The number of sulfonamides is 1. The Labute approximate surface area is 143 Å². The van der Waals surface area contributed by atoms with Gasteiger partial charge in [0, 0.05) is 15.0 Å². The predicted molar refractivity (Wildman–Crippen MR) is 91.9 cm³/mol. The molecule has 21 heavy (non-hydrogen) atoms. The molecule has 1 saturated heterocycles. The van der Waals surface area contributed by atoms with E-state index in [-0.39, 0.29) is 6.04 Å². The van der Waals surface area contributed by atoms with Crippen LogP contribution in [0.4, 0.5) is 0 Å². The van der Waals surface area contributed by atoms with Crippen molar-refractivity contribution in [1.82, 2.24) is 9.62 Å². The van der Waals surface area contributed by atoms with Gasteiger partial charge in [0.1, 0.15) is 0 Å². The first-order valence-corrected chi connectivity index (χ1v) is 10.2. The van der Waals surface area contributed by atoms with Crippen LogP contribution >= 0.6 is 31.9 Å². The van der Waals surface area contributed by atoms with Gasteiger partial charge in [-0.3, -0.25) is 0 Å². The minimum absolute atomic E-state index is 0.0265. The van der Waals surface area contributed by atoms with Gasteiger partial charge in [-0.05, 0) is 73.0 Å². The predicted octanol–water partition coefficient (Wildman–Crippen LogP) is 3.36. The Hall–Kier alpha value is 0.0500. The standard InChI is InChI=1S/C14H20Br2N2O2S/c1-2-7-18-8-5-12(6-9-18)17-21(19,20)14-4-3-11(15)10-13(14)16/h3-4,10,12,17H,2,5-9H2,1H3. The van der Waals surface area contributed by atoms with Crippen LogP contribution in [0.25, 0.3) is 0 Å². The maximum atomic E-state index is 12.5. The molecule has 1 heterocycles. The second-order valence-electron chi connectivity index (χ2n) is 5.31. The van der Waals surface area contributed by atoms with Gasteiger partial charge in [-0.1, -0.05) is 22.9 Å². The van der Waals surface area contributed by atoms with Crippen LogP contribution in [0.3, 0.4) is 0 Å². The molecule has 1 aliphatic heterocycles. The Morgan fingerprint density at radius 2 is 1.95 bits per heavy atom. The molecule has 118 valence electrons. The second kappa shape index (κ2) is 7.55. The smallest absolute Gasteiger partial charge is 0.241 e. The van der Waals surface area contributed by atoms with Gasteiger partial charge in [-0.2, -0.15) is 0 Å². The lowest BCUT2D eigenvalue weighted by molar-refractivity contribution is 0.208. The summed E-state index contributed by atoms with van der Waals surface area (Å²) in [5, 5.41) is 0. The molecule has 7 heteroatoms. The van der Waals surface area contributed by atoms with Crippen molar-refractivity contribution in [3.05, 3.63) is 27.1 Å². The third kappa shape index (κ3) is 4.76. The topological polar surface area (TPSA) is 49.4 Å². The number of benzene rings is 1. The maximum absolute atomic E-state index is 12.5. The fourth-order valence-electron chi connectivity index (χ4n) is 2.57. The molecule has 1 N–H and O–H groups in total. The van der Waals surface area contributed by atoms with E-state index in [1.165, 1.54) is 0 Å². The van der Waals surface area contributed by atoms with Crippen molar-refractivity contribution < 1.29 is 8.42 Å². The van der Waals surface area contributed by atoms with Crippen LogP contribution in [0, 0.1) is 0 Å². The van der Waals surface area contributed by atoms with E-state index in [2.05, 4.69) is 48.4 Å². The number of hydrogen-bond donors (Lipinski definition) is 1. The molecule has 0 saturated carbocycles. The fraction of sp³-hybridized carbons (Fsp3) is 0.571. The fourth-order valence-corrected chi connectivity index (χ4v) is 5.62. The highest BCUT2D eigenvalue weighted by Crippen LogP contribution is 2.26. The number of likely N-dealkylation sites (tertiary alicyclic amines) is 1. The third-order valence-electron chi connectivity index (χ3n) is 3.63. The highest BCUT2D eigenvalue weighted by molar-refractivity contribution is 9.11. The lowest BCUT2D eigenvalue weighted by atomic mass is 10.1. The van der Waals surface area contributed by atoms with E-state index in [0.29, 0.717) is 9.37 Å². The molecule has 0 spiro atoms. The summed E-state index contributed by atoms with van der Waals surface area (Å²) in [7, 11) is -3.47. The van der Waals surface area contributed by atoms with Gasteiger partial charge in [-0.15, -0.1) is 0 Å². The molecular weight excluding hydrogens is 420 g/mol. The molecule has 0 aliphatic carbocycles. The summed E-state index contributed by atoms with van der Waals surface area (Å²) < 4.78 is 29.2. The summed E-state index contributed by atoms with van der Waals surface area (Å²) in [6, 6.07) is 5.13. The van der Waals surface area contributed by atoms with Gasteiger partial charge in [0.15, 0.2) is 0 Å². The Balaban J connectivity index is 2.02. The average Bonchev–Trinajstić information content (AvgIpc) is 2.40. The molecule has 0 unspecified atom stereocenters. The number of rotatable bonds is 5. The van der Waals surface area contributed by atoms with Crippen molar-refractivity contribution in [2.45, 2.75) is 37.1 Å². The highest BCUT2D eigenvalue weighted by Gasteiger charge is 2.25. The minimum Gasteiger partial charge on any atom is -0.303 e. The van der Waals surface area contributed by atoms with Gasteiger partial charge in [0.2, 0.25) is 10.0 Å². The van der Waals surface area contributed by atoms with Crippen LogP contribution in [0.1, 0.15) is 26.2 Å². The molecule has 2 rings (SSSR count). The van der Waals surface area contributed by atoms with E-state index in [4.69, 9.17) is 0 Å². The average molecular weight is 440 g/mol. The summed E-state index contributed by atoms with van der Waals surface area (Å²) >= 11 is 6.65. The Bertz CT molecular complexity index is 585. The molecule has 0 bridgehead atoms. The largest absolute Gasteiger partial charge is 0.303 e. The first-order valence-electron chi connectivity index (χ1n) is 7.12. The number of nitrogens with one attached hydrogen (secondary N) is 1. The Kier molecular flexibility index (Phi) is 6.25. The zero-order valence-electron chi connectivity index (χ0n) is 12.0. The van der Waals surface area contributed by atoms with Gasteiger partial charge >= 0.3 is 0 Å². The number of nitrogens with zero attached hydrogens (tertiary/aromatic N) is 1. The summed E-state index contributed by atoms with van der Waals surface area (Å²) in [6.07, 6.45) is 2.88. The summed E-state index contributed by atoms with van der Waals surface area (Å²) in [6.45, 7) is 5.18.